The first-order chi connectivity index (χ1) is 11.2. The summed E-state index contributed by atoms with van der Waals surface area (Å²) in [6, 6.07) is 5.96. The van der Waals surface area contributed by atoms with Crippen LogP contribution in [0.5, 0.6) is 5.75 Å². The number of benzene rings is 1. The average molecular weight is 353 g/mol. The van der Waals surface area contributed by atoms with Crippen LogP contribution >= 0.6 is 12.4 Å². The topological polar surface area (TPSA) is 82.7 Å². The minimum absolute atomic E-state index is 0. The molecule has 0 radical (unpaired) electrons. The molecule has 3 aliphatic rings. The number of imide groups is 1. The number of hydrogen-bond donors (Lipinski definition) is 3. The van der Waals surface area contributed by atoms with Gasteiger partial charge in [-0.3, -0.25) is 14.9 Å². The molecule has 2 amide bonds. The van der Waals surface area contributed by atoms with Crippen molar-refractivity contribution in [2.24, 2.45) is 0 Å². The Bertz CT molecular complexity index is 654. The standard InChI is InChI=1S/C16H20N4O3.ClH/c21-15-4-2-12(16(22)19-15)18-10-1-3-13-14(7-10)23-9-11-8-17-5-6-20(11)13;/h1,3,7,11-12,17-18H,2,4-6,8-9H2,(H,19,21,22);1H/t11-,12?;/m0./s1. The number of hydrogen-bond acceptors (Lipinski definition) is 6. The Balaban J connectivity index is 0.00000169. The number of rotatable bonds is 2. The van der Waals surface area contributed by atoms with E-state index in [2.05, 4.69) is 20.9 Å². The van der Waals surface area contributed by atoms with Crippen molar-refractivity contribution in [1.29, 1.82) is 0 Å². The van der Waals surface area contributed by atoms with E-state index < -0.39 is 0 Å². The lowest BCUT2D eigenvalue weighted by atomic mass is 10.1. The third-order valence-electron chi connectivity index (χ3n) is 4.63. The van der Waals surface area contributed by atoms with Gasteiger partial charge in [0.15, 0.2) is 0 Å². The molecule has 130 valence electrons. The summed E-state index contributed by atoms with van der Waals surface area (Å²) in [7, 11) is 0. The van der Waals surface area contributed by atoms with Crippen LogP contribution in [0, 0.1) is 0 Å². The summed E-state index contributed by atoms with van der Waals surface area (Å²) in [6.07, 6.45) is 0.885. The second-order valence-corrected chi connectivity index (χ2v) is 6.19. The second kappa shape index (κ2) is 6.86. The molecule has 1 aromatic rings. The smallest absolute Gasteiger partial charge is 0.249 e. The highest BCUT2D eigenvalue weighted by Crippen LogP contribution is 2.36. The third-order valence-corrected chi connectivity index (χ3v) is 4.63. The molecule has 2 fully saturated rings. The highest BCUT2D eigenvalue weighted by molar-refractivity contribution is 6.01. The molecule has 0 bridgehead atoms. The van der Waals surface area contributed by atoms with Gasteiger partial charge in [0, 0.05) is 37.8 Å². The largest absolute Gasteiger partial charge is 0.489 e. The Hall–Kier alpha value is -1.99. The van der Waals surface area contributed by atoms with Crippen molar-refractivity contribution in [1.82, 2.24) is 10.6 Å². The predicted molar refractivity (Wildman–Crippen MR) is 93.0 cm³/mol. The maximum Gasteiger partial charge on any atom is 0.249 e. The molecule has 8 heteroatoms. The molecule has 3 heterocycles. The molecule has 0 spiro atoms. The van der Waals surface area contributed by atoms with Crippen LogP contribution in [0.3, 0.4) is 0 Å². The van der Waals surface area contributed by atoms with Gasteiger partial charge in [-0.05, 0) is 18.6 Å². The van der Waals surface area contributed by atoms with Crippen LogP contribution < -0.4 is 25.6 Å². The van der Waals surface area contributed by atoms with E-state index in [4.69, 9.17) is 4.74 Å². The van der Waals surface area contributed by atoms with Crippen molar-refractivity contribution in [3.63, 3.8) is 0 Å². The van der Waals surface area contributed by atoms with E-state index in [0.717, 1.165) is 36.8 Å². The number of piperazine rings is 1. The van der Waals surface area contributed by atoms with Crippen molar-refractivity contribution < 1.29 is 14.3 Å². The molecule has 0 aromatic heterocycles. The molecule has 1 unspecified atom stereocenters. The molecule has 3 N–H and O–H groups in total. The minimum Gasteiger partial charge on any atom is -0.489 e. The maximum atomic E-state index is 11.8. The van der Waals surface area contributed by atoms with E-state index in [9.17, 15) is 9.59 Å². The molecule has 0 aliphatic carbocycles. The van der Waals surface area contributed by atoms with Crippen molar-refractivity contribution >= 4 is 35.6 Å². The third kappa shape index (κ3) is 3.14. The molecule has 0 saturated carbocycles. The summed E-state index contributed by atoms with van der Waals surface area (Å²) in [5, 5.41) is 8.94. The number of carbonyl (C=O) groups excluding carboxylic acids is 2. The Morgan fingerprint density at radius 2 is 2.17 bits per heavy atom. The number of halogens is 1. The summed E-state index contributed by atoms with van der Waals surface area (Å²) < 4.78 is 5.89. The fraction of sp³-hybridized carbons (Fsp3) is 0.500. The van der Waals surface area contributed by atoms with Crippen LogP contribution in [-0.4, -0.2) is 50.1 Å². The number of nitrogens with zero attached hydrogens (tertiary/aromatic N) is 1. The second-order valence-electron chi connectivity index (χ2n) is 6.19. The van der Waals surface area contributed by atoms with Crippen molar-refractivity contribution in [2.45, 2.75) is 24.9 Å². The highest BCUT2D eigenvalue weighted by atomic mass is 35.5. The normalized spacial score (nSPS) is 25.6. The van der Waals surface area contributed by atoms with Crippen LogP contribution in [-0.2, 0) is 9.59 Å². The zero-order valence-electron chi connectivity index (χ0n) is 13.2. The van der Waals surface area contributed by atoms with Crippen LogP contribution in [0.25, 0.3) is 0 Å². The van der Waals surface area contributed by atoms with E-state index in [1.165, 1.54) is 0 Å². The summed E-state index contributed by atoms with van der Waals surface area (Å²) in [6.45, 7) is 3.56. The molecule has 4 rings (SSSR count). The van der Waals surface area contributed by atoms with Crippen molar-refractivity contribution in [3.8, 4) is 5.75 Å². The quantitative estimate of drug-likeness (QED) is 0.672. The van der Waals surface area contributed by atoms with Gasteiger partial charge in [-0.15, -0.1) is 12.4 Å². The number of anilines is 2. The number of piperidine rings is 1. The molecule has 24 heavy (non-hydrogen) atoms. The Morgan fingerprint density at radius 1 is 1.29 bits per heavy atom. The molecule has 1 aromatic carbocycles. The molecular weight excluding hydrogens is 332 g/mol. The maximum absolute atomic E-state index is 11.8. The molecule has 3 aliphatic heterocycles. The number of amides is 2. The average Bonchev–Trinajstić information content (AvgIpc) is 2.57. The van der Waals surface area contributed by atoms with Gasteiger partial charge >= 0.3 is 0 Å². The van der Waals surface area contributed by atoms with Gasteiger partial charge in [0.25, 0.3) is 0 Å². The molecular formula is C16H21ClN4O3. The zero-order valence-corrected chi connectivity index (χ0v) is 14.0. The molecule has 2 atom stereocenters. The number of ether oxygens (including phenoxy) is 1. The Kier molecular flexibility index (Phi) is 4.82. The fourth-order valence-electron chi connectivity index (χ4n) is 3.40. The van der Waals surface area contributed by atoms with Crippen LogP contribution in [0.1, 0.15) is 12.8 Å². The lowest BCUT2D eigenvalue weighted by Crippen LogP contribution is -2.55. The van der Waals surface area contributed by atoms with Gasteiger partial charge in [-0.2, -0.15) is 0 Å². The molecule has 2 saturated heterocycles. The van der Waals surface area contributed by atoms with Crippen molar-refractivity contribution in [2.75, 3.05) is 36.5 Å². The van der Waals surface area contributed by atoms with E-state index in [1.54, 1.807) is 0 Å². The van der Waals surface area contributed by atoms with Crippen LogP contribution in [0.2, 0.25) is 0 Å². The Labute approximate surface area is 146 Å². The van der Waals surface area contributed by atoms with Crippen molar-refractivity contribution in [3.05, 3.63) is 18.2 Å². The summed E-state index contributed by atoms with van der Waals surface area (Å²) in [5.41, 5.74) is 1.95. The van der Waals surface area contributed by atoms with E-state index in [-0.39, 0.29) is 30.3 Å². The van der Waals surface area contributed by atoms with Gasteiger partial charge in [0.2, 0.25) is 11.8 Å². The zero-order chi connectivity index (χ0) is 15.8. The minimum atomic E-state index is -0.374. The number of nitrogens with one attached hydrogen (secondary N) is 3. The van der Waals surface area contributed by atoms with Gasteiger partial charge < -0.3 is 20.3 Å². The first-order valence-corrected chi connectivity index (χ1v) is 8.05. The van der Waals surface area contributed by atoms with E-state index in [0.29, 0.717) is 25.5 Å². The lowest BCUT2D eigenvalue weighted by molar-refractivity contribution is -0.133. The Morgan fingerprint density at radius 3 is 3.00 bits per heavy atom. The van der Waals surface area contributed by atoms with Gasteiger partial charge in [0.05, 0.1) is 11.7 Å². The first kappa shape index (κ1) is 16.9. The summed E-state index contributed by atoms with van der Waals surface area (Å²) in [5.74, 6) is 0.383. The monoisotopic (exact) mass is 352 g/mol. The van der Waals surface area contributed by atoms with Gasteiger partial charge in [-0.25, -0.2) is 0 Å². The SMILES string of the molecule is Cl.O=C1CCC(Nc2ccc3c(c2)OC[C@@H]2CNCCN32)C(=O)N1. The summed E-state index contributed by atoms with van der Waals surface area (Å²) in [4.78, 5) is 25.4. The summed E-state index contributed by atoms with van der Waals surface area (Å²) >= 11 is 0. The van der Waals surface area contributed by atoms with Gasteiger partial charge in [0.1, 0.15) is 18.4 Å². The molecule has 7 nitrogen and oxygen atoms in total. The fourth-order valence-corrected chi connectivity index (χ4v) is 3.40. The van der Waals surface area contributed by atoms with Crippen LogP contribution in [0.4, 0.5) is 11.4 Å². The van der Waals surface area contributed by atoms with Gasteiger partial charge in [-0.1, -0.05) is 0 Å². The lowest BCUT2D eigenvalue weighted by Gasteiger charge is -2.42. The van der Waals surface area contributed by atoms with E-state index in [1.807, 2.05) is 18.2 Å². The first-order valence-electron chi connectivity index (χ1n) is 8.05. The highest BCUT2D eigenvalue weighted by Gasteiger charge is 2.30. The predicted octanol–water partition coefficient (Wildman–Crippen LogP) is 0.496. The van der Waals surface area contributed by atoms with Crippen LogP contribution in [0.15, 0.2) is 18.2 Å². The number of carbonyl (C=O) groups is 2. The van der Waals surface area contributed by atoms with E-state index >= 15 is 0 Å². The number of fused-ring (bicyclic) bond motifs is 3.